The highest BCUT2D eigenvalue weighted by Gasteiger charge is 2.16. The summed E-state index contributed by atoms with van der Waals surface area (Å²) in [7, 11) is 3.13. The summed E-state index contributed by atoms with van der Waals surface area (Å²) in [4.78, 5) is 4.54. The van der Waals surface area contributed by atoms with Gasteiger partial charge in [-0.25, -0.2) is 4.39 Å². The van der Waals surface area contributed by atoms with Crippen LogP contribution in [0.5, 0.6) is 11.5 Å². The van der Waals surface area contributed by atoms with Crippen LogP contribution in [0.15, 0.2) is 60.8 Å². The molecule has 0 saturated heterocycles. The molecular formula is C25H22FNO4. The predicted molar refractivity (Wildman–Crippen MR) is 118 cm³/mol. The fraction of sp³-hybridized carbons (Fsp3) is 0.160. The quantitative estimate of drug-likeness (QED) is 0.474. The first-order valence-corrected chi connectivity index (χ1v) is 9.73. The maximum absolute atomic E-state index is 13.4. The van der Waals surface area contributed by atoms with Crippen LogP contribution in [0.3, 0.4) is 0 Å². The van der Waals surface area contributed by atoms with Gasteiger partial charge in [0, 0.05) is 22.7 Å². The highest BCUT2D eigenvalue weighted by Crippen LogP contribution is 2.42. The average Bonchev–Trinajstić information content (AvgIpc) is 2.82. The van der Waals surface area contributed by atoms with Crippen LogP contribution in [-0.2, 0) is 13.2 Å². The minimum Gasteiger partial charge on any atom is -0.493 e. The summed E-state index contributed by atoms with van der Waals surface area (Å²) in [6, 6.07) is 15.6. The van der Waals surface area contributed by atoms with Gasteiger partial charge in [-0.2, -0.15) is 0 Å². The third-order valence-corrected chi connectivity index (χ3v) is 5.31. The fourth-order valence-electron chi connectivity index (χ4n) is 3.69. The number of methoxy groups -OCH3 is 2. The van der Waals surface area contributed by atoms with Gasteiger partial charge in [-0.05, 0) is 64.7 Å². The third-order valence-electron chi connectivity index (χ3n) is 5.31. The number of fused-ring (bicyclic) bond motifs is 1. The summed E-state index contributed by atoms with van der Waals surface area (Å²) in [5.74, 6) is 0.791. The number of benzene rings is 3. The number of hydrogen-bond acceptors (Lipinski definition) is 5. The van der Waals surface area contributed by atoms with Gasteiger partial charge in [-0.15, -0.1) is 0 Å². The van der Waals surface area contributed by atoms with Gasteiger partial charge in [0.05, 0.1) is 33.0 Å². The number of pyridine rings is 1. The Morgan fingerprint density at radius 2 is 1.52 bits per heavy atom. The minimum atomic E-state index is -0.313. The summed E-state index contributed by atoms with van der Waals surface area (Å²) in [6.45, 7) is -0.326. The number of aliphatic hydroxyl groups excluding tert-OH is 2. The van der Waals surface area contributed by atoms with E-state index in [0.717, 1.165) is 33.2 Å². The molecule has 1 aromatic heterocycles. The standard InChI is InChI=1S/C25H22FNO4/c1-30-24-11-16(9-22(25(24)31-2)15-3-5-21(26)6-4-15)18-7-17-8-19(13-28)20(14-29)10-23(17)27-12-18/h3-12,28-29H,13-14H2,1-2H3. The van der Waals surface area contributed by atoms with E-state index in [1.54, 1.807) is 38.6 Å². The number of halogens is 1. The molecule has 0 amide bonds. The fourth-order valence-corrected chi connectivity index (χ4v) is 3.69. The summed E-state index contributed by atoms with van der Waals surface area (Å²) < 4.78 is 24.6. The molecule has 4 aromatic rings. The SMILES string of the molecule is COc1cc(-c2cnc3cc(CO)c(CO)cc3c2)cc(-c2ccc(F)cc2)c1OC. The smallest absolute Gasteiger partial charge is 0.168 e. The van der Waals surface area contributed by atoms with E-state index in [-0.39, 0.29) is 19.0 Å². The van der Waals surface area contributed by atoms with Crippen molar-refractivity contribution >= 4 is 10.9 Å². The third kappa shape index (κ3) is 3.95. The Kier molecular flexibility index (Phi) is 5.84. The van der Waals surface area contributed by atoms with Crippen LogP contribution in [0.1, 0.15) is 11.1 Å². The van der Waals surface area contributed by atoms with Crippen molar-refractivity contribution in [2.45, 2.75) is 13.2 Å². The van der Waals surface area contributed by atoms with E-state index in [1.165, 1.54) is 12.1 Å². The molecule has 2 N–H and O–H groups in total. The van der Waals surface area contributed by atoms with Crippen LogP contribution in [0.4, 0.5) is 4.39 Å². The zero-order valence-corrected chi connectivity index (χ0v) is 17.2. The summed E-state index contributed by atoms with van der Waals surface area (Å²) in [5, 5.41) is 20.0. The Morgan fingerprint density at radius 1 is 0.806 bits per heavy atom. The second kappa shape index (κ2) is 8.71. The van der Waals surface area contributed by atoms with Gasteiger partial charge in [0.2, 0.25) is 0 Å². The second-order valence-corrected chi connectivity index (χ2v) is 7.12. The van der Waals surface area contributed by atoms with Crippen LogP contribution in [0, 0.1) is 5.82 Å². The Labute approximate surface area is 179 Å². The van der Waals surface area contributed by atoms with Crippen LogP contribution in [-0.4, -0.2) is 29.4 Å². The molecule has 1 heterocycles. The van der Waals surface area contributed by atoms with E-state index >= 15 is 0 Å². The Hall–Kier alpha value is -3.48. The molecule has 0 aliphatic heterocycles. The van der Waals surface area contributed by atoms with E-state index in [9.17, 15) is 14.6 Å². The summed E-state index contributed by atoms with van der Waals surface area (Å²) >= 11 is 0. The van der Waals surface area contributed by atoms with Gasteiger partial charge in [0.25, 0.3) is 0 Å². The number of rotatable bonds is 6. The lowest BCUT2D eigenvalue weighted by Crippen LogP contribution is -1.97. The molecule has 31 heavy (non-hydrogen) atoms. The molecule has 158 valence electrons. The molecule has 0 unspecified atom stereocenters. The lowest BCUT2D eigenvalue weighted by atomic mass is 9.96. The molecule has 5 nitrogen and oxygen atoms in total. The first-order chi connectivity index (χ1) is 15.1. The van der Waals surface area contributed by atoms with Gasteiger partial charge in [-0.3, -0.25) is 4.98 Å². The van der Waals surface area contributed by atoms with Crippen LogP contribution in [0.2, 0.25) is 0 Å². The summed E-state index contributed by atoms with van der Waals surface area (Å²) in [5.41, 5.74) is 5.30. The van der Waals surface area contributed by atoms with Gasteiger partial charge in [0.1, 0.15) is 5.82 Å². The molecule has 0 bridgehead atoms. The molecule has 0 aliphatic rings. The highest BCUT2D eigenvalue weighted by molar-refractivity contribution is 5.87. The van der Waals surface area contributed by atoms with Crippen molar-refractivity contribution in [3.8, 4) is 33.8 Å². The molecule has 0 aliphatic carbocycles. The van der Waals surface area contributed by atoms with Crippen LogP contribution >= 0.6 is 0 Å². The Bertz CT molecular complexity index is 1240. The normalized spacial score (nSPS) is 11.0. The average molecular weight is 419 g/mol. The number of ether oxygens (including phenoxy) is 2. The molecular weight excluding hydrogens is 397 g/mol. The van der Waals surface area contributed by atoms with Gasteiger partial charge < -0.3 is 19.7 Å². The zero-order valence-electron chi connectivity index (χ0n) is 17.2. The lowest BCUT2D eigenvalue weighted by molar-refractivity contribution is 0.260. The highest BCUT2D eigenvalue weighted by atomic mass is 19.1. The maximum atomic E-state index is 13.4. The number of aliphatic hydroxyl groups is 2. The number of aromatic nitrogens is 1. The molecule has 0 saturated carbocycles. The van der Waals surface area contributed by atoms with Crippen molar-refractivity contribution in [2.24, 2.45) is 0 Å². The predicted octanol–water partition coefficient (Wildman–Crippen LogP) is 4.71. The van der Waals surface area contributed by atoms with Gasteiger partial charge in [-0.1, -0.05) is 12.1 Å². The Balaban J connectivity index is 1.90. The van der Waals surface area contributed by atoms with E-state index in [0.29, 0.717) is 22.6 Å². The monoisotopic (exact) mass is 419 g/mol. The minimum absolute atomic E-state index is 0.161. The maximum Gasteiger partial charge on any atom is 0.168 e. The molecule has 6 heteroatoms. The number of nitrogens with zero attached hydrogens (tertiary/aromatic N) is 1. The van der Waals surface area contributed by atoms with Gasteiger partial charge >= 0.3 is 0 Å². The van der Waals surface area contributed by atoms with E-state index in [2.05, 4.69) is 4.98 Å². The summed E-state index contributed by atoms with van der Waals surface area (Å²) in [6.07, 6.45) is 1.75. The topological polar surface area (TPSA) is 71.8 Å². The van der Waals surface area contributed by atoms with Crippen molar-refractivity contribution in [3.05, 3.63) is 77.7 Å². The molecule has 0 radical (unpaired) electrons. The number of hydrogen-bond donors (Lipinski definition) is 2. The molecule has 0 atom stereocenters. The van der Waals surface area contributed by atoms with E-state index in [1.807, 2.05) is 24.3 Å². The van der Waals surface area contributed by atoms with Crippen molar-refractivity contribution in [2.75, 3.05) is 14.2 Å². The van der Waals surface area contributed by atoms with Crippen LogP contribution < -0.4 is 9.47 Å². The van der Waals surface area contributed by atoms with E-state index in [4.69, 9.17) is 9.47 Å². The molecule has 0 spiro atoms. The first-order valence-electron chi connectivity index (χ1n) is 9.73. The van der Waals surface area contributed by atoms with Crippen LogP contribution in [0.25, 0.3) is 33.2 Å². The molecule has 0 fully saturated rings. The Morgan fingerprint density at radius 3 is 2.16 bits per heavy atom. The van der Waals surface area contributed by atoms with Crippen molar-refractivity contribution in [1.82, 2.24) is 4.98 Å². The van der Waals surface area contributed by atoms with E-state index < -0.39 is 0 Å². The largest absolute Gasteiger partial charge is 0.493 e. The van der Waals surface area contributed by atoms with Crippen molar-refractivity contribution < 1.29 is 24.1 Å². The molecule has 3 aromatic carbocycles. The lowest BCUT2D eigenvalue weighted by Gasteiger charge is -2.16. The zero-order chi connectivity index (χ0) is 22.0. The second-order valence-electron chi connectivity index (χ2n) is 7.12. The first kappa shape index (κ1) is 20.8. The van der Waals surface area contributed by atoms with Gasteiger partial charge in [0.15, 0.2) is 11.5 Å². The van der Waals surface area contributed by atoms with Crippen molar-refractivity contribution in [1.29, 1.82) is 0 Å². The molecule has 4 rings (SSSR count). The van der Waals surface area contributed by atoms with Crippen molar-refractivity contribution in [3.63, 3.8) is 0 Å².